The third-order valence-electron chi connectivity index (χ3n) is 3.94. The fraction of sp³-hybridized carbons (Fsp3) is 0.500. The lowest BCUT2D eigenvalue weighted by molar-refractivity contribution is -0.148. The second kappa shape index (κ2) is 5.21. The molecule has 0 spiro atoms. The Morgan fingerprint density at radius 1 is 1.14 bits per heavy atom. The first-order valence-corrected chi connectivity index (χ1v) is 7.47. The molecule has 0 atom stereocenters. The number of hydrogen-bond acceptors (Lipinski definition) is 2. The largest absolute Gasteiger partial charge is 0.465 e. The summed E-state index contributed by atoms with van der Waals surface area (Å²) in [7, 11) is 0. The number of esters is 1. The Hall–Kier alpha value is -1.77. The molecule has 0 aliphatic carbocycles. The summed E-state index contributed by atoms with van der Waals surface area (Å²) in [5.74, 6) is -0.184. The molecule has 0 radical (unpaired) electrons. The van der Waals surface area contributed by atoms with Crippen molar-refractivity contribution >= 4 is 16.9 Å². The van der Waals surface area contributed by atoms with E-state index >= 15 is 0 Å². The molecule has 114 valence electrons. The quantitative estimate of drug-likeness (QED) is 0.855. The van der Waals surface area contributed by atoms with E-state index in [0.29, 0.717) is 6.61 Å². The minimum absolute atomic E-state index is 0.0792. The molecule has 0 amide bonds. The first-order chi connectivity index (χ1) is 9.66. The molecule has 2 aromatic rings. The first kappa shape index (κ1) is 15.6. The van der Waals surface area contributed by atoms with E-state index in [1.54, 1.807) is 0 Å². The van der Waals surface area contributed by atoms with Crippen molar-refractivity contribution in [1.82, 2.24) is 4.98 Å². The van der Waals surface area contributed by atoms with Gasteiger partial charge in [0, 0.05) is 16.6 Å². The van der Waals surface area contributed by atoms with E-state index in [9.17, 15) is 4.79 Å². The van der Waals surface area contributed by atoms with E-state index < -0.39 is 5.41 Å². The van der Waals surface area contributed by atoms with Crippen LogP contribution < -0.4 is 0 Å². The number of carbonyl (C=O) groups excluding carboxylic acids is 1. The fourth-order valence-electron chi connectivity index (χ4n) is 2.35. The van der Waals surface area contributed by atoms with E-state index in [1.807, 2.05) is 32.9 Å². The molecule has 1 N–H and O–H groups in total. The van der Waals surface area contributed by atoms with Crippen molar-refractivity contribution in [2.24, 2.45) is 0 Å². The SMILES string of the molecule is CCOC(=O)C(C)(C)c1ccc2[nH]c(C(C)(C)C)cc2c1. The fourth-order valence-corrected chi connectivity index (χ4v) is 2.35. The van der Waals surface area contributed by atoms with Gasteiger partial charge in [0.1, 0.15) is 0 Å². The molecule has 1 heterocycles. The van der Waals surface area contributed by atoms with Crippen LogP contribution in [0.1, 0.15) is 52.8 Å². The van der Waals surface area contributed by atoms with Gasteiger partial charge in [-0.2, -0.15) is 0 Å². The molecule has 3 heteroatoms. The summed E-state index contributed by atoms with van der Waals surface area (Å²) < 4.78 is 5.19. The summed E-state index contributed by atoms with van der Waals surface area (Å²) in [5.41, 5.74) is 2.72. The lowest BCUT2D eigenvalue weighted by Crippen LogP contribution is -2.31. The van der Waals surface area contributed by atoms with Gasteiger partial charge in [-0.05, 0) is 49.9 Å². The molecule has 1 aromatic heterocycles. The molecule has 0 saturated carbocycles. The molecule has 3 nitrogen and oxygen atoms in total. The number of benzene rings is 1. The van der Waals surface area contributed by atoms with Crippen molar-refractivity contribution in [3.8, 4) is 0 Å². The van der Waals surface area contributed by atoms with Crippen LogP contribution in [0, 0.1) is 0 Å². The normalized spacial score (nSPS) is 12.7. The highest BCUT2D eigenvalue weighted by molar-refractivity contribution is 5.87. The van der Waals surface area contributed by atoms with Crippen molar-refractivity contribution in [2.45, 2.75) is 52.4 Å². The zero-order valence-electron chi connectivity index (χ0n) is 13.8. The average Bonchev–Trinajstić information content (AvgIpc) is 2.81. The van der Waals surface area contributed by atoms with E-state index in [1.165, 1.54) is 5.69 Å². The number of aromatic amines is 1. The molecule has 0 unspecified atom stereocenters. The molecule has 1 aromatic carbocycles. The lowest BCUT2D eigenvalue weighted by atomic mass is 9.84. The summed E-state index contributed by atoms with van der Waals surface area (Å²) in [6.45, 7) is 12.6. The van der Waals surface area contributed by atoms with Crippen molar-refractivity contribution < 1.29 is 9.53 Å². The predicted molar refractivity (Wildman–Crippen MR) is 86.7 cm³/mol. The summed E-state index contributed by atoms with van der Waals surface area (Å²) in [4.78, 5) is 15.6. The van der Waals surface area contributed by atoms with Gasteiger partial charge < -0.3 is 9.72 Å². The standard InChI is InChI=1S/C18H25NO2/c1-7-21-16(20)18(5,6)13-8-9-14-12(10-13)11-15(19-14)17(2,3)4/h8-11,19H,7H2,1-6H3. The highest BCUT2D eigenvalue weighted by atomic mass is 16.5. The Balaban J connectivity index is 2.45. The minimum atomic E-state index is -0.636. The number of ether oxygens (including phenoxy) is 1. The Labute approximate surface area is 126 Å². The zero-order chi connectivity index (χ0) is 15.8. The molecule has 0 bridgehead atoms. The number of nitrogens with one attached hydrogen (secondary N) is 1. The molecule has 0 aliphatic rings. The van der Waals surface area contributed by atoms with E-state index in [0.717, 1.165) is 16.5 Å². The molecule has 0 saturated heterocycles. The van der Waals surface area contributed by atoms with Crippen LogP contribution in [0.4, 0.5) is 0 Å². The van der Waals surface area contributed by atoms with Crippen LogP contribution in [-0.4, -0.2) is 17.6 Å². The lowest BCUT2D eigenvalue weighted by Gasteiger charge is -2.22. The highest BCUT2D eigenvalue weighted by Gasteiger charge is 2.31. The minimum Gasteiger partial charge on any atom is -0.465 e. The van der Waals surface area contributed by atoms with Crippen LogP contribution in [0.2, 0.25) is 0 Å². The first-order valence-electron chi connectivity index (χ1n) is 7.47. The summed E-state index contributed by atoms with van der Waals surface area (Å²) in [5, 5.41) is 1.13. The monoisotopic (exact) mass is 287 g/mol. The third kappa shape index (κ3) is 2.97. The smallest absolute Gasteiger partial charge is 0.315 e. The third-order valence-corrected chi connectivity index (χ3v) is 3.94. The Morgan fingerprint density at radius 2 is 1.81 bits per heavy atom. The molecular weight excluding hydrogens is 262 g/mol. The van der Waals surface area contributed by atoms with Crippen LogP contribution in [0.25, 0.3) is 10.9 Å². The Kier molecular flexibility index (Phi) is 3.87. The van der Waals surface area contributed by atoms with Gasteiger partial charge in [0.2, 0.25) is 0 Å². The maximum Gasteiger partial charge on any atom is 0.315 e. The maximum absolute atomic E-state index is 12.1. The molecule has 21 heavy (non-hydrogen) atoms. The Bertz CT molecular complexity index is 659. The maximum atomic E-state index is 12.1. The van der Waals surface area contributed by atoms with Crippen molar-refractivity contribution in [1.29, 1.82) is 0 Å². The predicted octanol–water partition coefficient (Wildman–Crippen LogP) is 4.31. The van der Waals surface area contributed by atoms with Crippen LogP contribution in [-0.2, 0) is 20.4 Å². The topological polar surface area (TPSA) is 42.1 Å². The van der Waals surface area contributed by atoms with Gasteiger partial charge in [-0.1, -0.05) is 26.8 Å². The van der Waals surface area contributed by atoms with Gasteiger partial charge in [0.25, 0.3) is 0 Å². The number of aromatic nitrogens is 1. The van der Waals surface area contributed by atoms with Gasteiger partial charge in [0.05, 0.1) is 12.0 Å². The second-order valence-electron chi connectivity index (χ2n) is 7.08. The zero-order valence-corrected chi connectivity index (χ0v) is 13.8. The number of rotatable bonds is 3. The summed E-state index contributed by atoms with van der Waals surface area (Å²) >= 11 is 0. The van der Waals surface area contributed by atoms with Gasteiger partial charge in [-0.25, -0.2) is 0 Å². The van der Waals surface area contributed by atoms with Crippen LogP contribution >= 0.6 is 0 Å². The van der Waals surface area contributed by atoms with Crippen LogP contribution in [0.15, 0.2) is 24.3 Å². The Morgan fingerprint density at radius 3 is 2.38 bits per heavy atom. The van der Waals surface area contributed by atoms with E-state index in [-0.39, 0.29) is 11.4 Å². The van der Waals surface area contributed by atoms with Gasteiger partial charge in [-0.15, -0.1) is 0 Å². The molecule has 2 rings (SSSR count). The van der Waals surface area contributed by atoms with E-state index in [4.69, 9.17) is 4.74 Å². The van der Waals surface area contributed by atoms with Crippen LogP contribution in [0.5, 0.6) is 0 Å². The average molecular weight is 287 g/mol. The number of carbonyl (C=O) groups is 1. The van der Waals surface area contributed by atoms with Crippen molar-refractivity contribution in [2.75, 3.05) is 6.61 Å². The number of hydrogen-bond donors (Lipinski definition) is 1. The van der Waals surface area contributed by atoms with Crippen LogP contribution in [0.3, 0.4) is 0 Å². The molecule has 0 aliphatic heterocycles. The number of H-pyrrole nitrogens is 1. The summed E-state index contributed by atoms with van der Waals surface area (Å²) in [6.07, 6.45) is 0. The van der Waals surface area contributed by atoms with Gasteiger partial charge in [0.15, 0.2) is 0 Å². The molecule has 0 fully saturated rings. The van der Waals surface area contributed by atoms with Crippen molar-refractivity contribution in [3.05, 3.63) is 35.5 Å². The van der Waals surface area contributed by atoms with Gasteiger partial charge >= 0.3 is 5.97 Å². The summed E-state index contributed by atoms with van der Waals surface area (Å²) in [6, 6.07) is 8.29. The highest BCUT2D eigenvalue weighted by Crippen LogP contribution is 2.31. The number of fused-ring (bicyclic) bond motifs is 1. The van der Waals surface area contributed by atoms with Crippen molar-refractivity contribution in [3.63, 3.8) is 0 Å². The molecular formula is C18H25NO2. The second-order valence-corrected chi connectivity index (χ2v) is 7.08. The van der Waals surface area contributed by atoms with Gasteiger partial charge in [-0.3, -0.25) is 4.79 Å². The van der Waals surface area contributed by atoms with E-state index in [2.05, 4.69) is 37.9 Å².